The van der Waals surface area contributed by atoms with Gasteiger partial charge in [-0.15, -0.1) is 0 Å². The maximum absolute atomic E-state index is 12.7. The Kier molecular flexibility index (Phi) is 6.07. The fourth-order valence-corrected chi connectivity index (χ4v) is 3.73. The van der Waals surface area contributed by atoms with Crippen molar-refractivity contribution in [2.24, 2.45) is 0 Å². The SMILES string of the molecule is CCCCn1ccnc1C1CCCN(C(=O)CN2CCNC(=O)C2)C1. The summed E-state index contributed by atoms with van der Waals surface area (Å²) >= 11 is 0. The normalized spacial score (nSPS) is 22.0. The first-order valence-corrected chi connectivity index (χ1v) is 9.45. The van der Waals surface area contributed by atoms with E-state index in [1.54, 1.807) is 0 Å². The Bertz CT molecular complexity index is 600. The number of aromatic nitrogens is 2. The van der Waals surface area contributed by atoms with Crippen LogP contribution in [-0.2, 0) is 16.1 Å². The van der Waals surface area contributed by atoms with Gasteiger partial charge in [0, 0.05) is 51.0 Å². The number of imidazole rings is 1. The van der Waals surface area contributed by atoms with E-state index in [0.29, 0.717) is 25.6 Å². The van der Waals surface area contributed by atoms with Gasteiger partial charge in [-0.1, -0.05) is 13.3 Å². The molecule has 1 aromatic heterocycles. The summed E-state index contributed by atoms with van der Waals surface area (Å²) in [4.78, 5) is 32.6. The number of rotatable bonds is 6. The molecule has 3 heterocycles. The molecule has 1 aromatic rings. The highest BCUT2D eigenvalue weighted by atomic mass is 16.2. The highest BCUT2D eigenvalue weighted by Crippen LogP contribution is 2.26. The lowest BCUT2D eigenvalue weighted by atomic mass is 9.97. The van der Waals surface area contributed by atoms with Crippen molar-refractivity contribution in [3.8, 4) is 0 Å². The minimum Gasteiger partial charge on any atom is -0.354 e. The first-order valence-electron chi connectivity index (χ1n) is 9.45. The van der Waals surface area contributed by atoms with Crippen molar-refractivity contribution >= 4 is 11.8 Å². The number of piperazine rings is 1. The minimum absolute atomic E-state index is 0.00789. The van der Waals surface area contributed by atoms with Crippen molar-refractivity contribution in [3.63, 3.8) is 0 Å². The van der Waals surface area contributed by atoms with Crippen LogP contribution in [0.25, 0.3) is 0 Å². The molecule has 2 amide bonds. The average Bonchev–Trinajstić information content (AvgIpc) is 3.08. The van der Waals surface area contributed by atoms with E-state index in [0.717, 1.165) is 57.7 Å². The van der Waals surface area contributed by atoms with Gasteiger partial charge in [-0.05, 0) is 19.3 Å². The summed E-state index contributed by atoms with van der Waals surface area (Å²) in [5, 5.41) is 2.80. The van der Waals surface area contributed by atoms with Crippen LogP contribution in [0, 0.1) is 0 Å². The van der Waals surface area contributed by atoms with E-state index in [2.05, 4.69) is 28.0 Å². The highest BCUT2D eigenvalue weighted by Gasteiger charge is 2.29. The Morgan fingerprint density at radius 2 is 2.28 bits per heavy atom. The number of hydrogen-bond donors (Lipinski definition) is 1. The van der Waals surface area contributed by atoms with E-state index in [-0.39, 0.29) is 11.8 Å². The van der Waals surface area contributed by atoms with Gasteiger partial charge in [-0.2, -0.15) is 0 Å². The number of hydrogen-bond acceptors (Lipinski definition) is 4. The number of amides is 2. The summed E-state index contributed by atoms with van der Waals surface area (Å²) in [6.07, 6.45) is 8.33. The van der Waals surface area contributed by atoms with Crippen LogP contribution in [0.15, 0.2) is 12.4 Å². The second-order valence-corrected chi connectivity index (χ2v) is 7.07. The fourth-order valence-electron chi connectivity index (χ4n) is 3.73. The smallest absolute Gasteiger partial charge is 0.236 e. The summed E-state index contributed by atoms with van der Waals surface area (Å²) in [5.74, 6) is 1.57. The number of nitrogens with one attached hydrogen (secondary N) is 1. The quantitative estimate of drug-likeness (QED) is 0.827. The van der Waals surface area contributed by atoms with Crippen molar-refractivity contribution in [2.75, 3.05) is 39.3 Å². The van der Waals surface area contributed by atoms with Crippen molar-refractivity contribution in [2.45, 2.75) is 45.1 Å². The molecular weight excluding hydrogens is 318 g/mol. The molecule has 138 valence electrons. The zero-order chi connectivity index (χ0) is 17.6. The van der Waals surface area contributed by atoms with E-state index in [1.807, 2.05) is 16.0 Å². The van der Waals surface area contributed by atoms with Crippen LogP contribution in [0.2, 0.25) is 0 Å². The van der Waals surface area contributed by atoms with Crippen molar-refractivity contribution in [3.05, 3.63) is 18.2 Å². The van der Waals surface area contributed by atoms with E-state index < -0.39 is 0 Å². The molecule has 1 unspecified atom stereocenters. The largest absolute Gasteiger partial charge is 0.354 e. The second-order valence-electron chi connectivity index (χ2n) is 7.07. The third-order valence-corrected chi connectivity index (χ3v) is 5.12. The molecule has 7 nitrogen and oxygen atoms in total. The van der Waals surface area contributed by atoms with Crippen LogP contribution in [0.4, 0.5) is 0 Å². The summed E-state index contributed by atoms with van der Waals surface area (Å²) in [6.45, 7) is 6.78. The monoisotopic (exact) mass is 347 g/mol. The van der Waals surface area contributed by atoms with Gasteiger partial charge in [-0.3, -0.25) is 14.5 Å². The number of unbranched alkanes of at least 4 members (excludes halogenated alkanes) is 1. The van der Waals surface area contributed by atoms with Crippen LogP contribution in [-0.4, -0.2) is 70.4 Å². The molecular formula is C18H29N5O2. The van der Waals surface area contributed by atoms with E-state index in [1.165, 1.54) is 0 Å². The van der Waals surface area contributed by atoms with Crippen LogP contribution in [0.5, 0.6) is 0 Å². The first-order chi connectivity index (χ1) is 12.2. The van der Waals surface area contributed by atoms with Gasteiger partial charge in [0.05, 0.1) is 13.1 Å². The molecule has 2 aliphatic rings. The van der Waals surface area contributed by atoms with Gasteiger partial charge in [0.25, 0.3) is 0 Å². The maximum atomic E-state index is 12.7. The summed E-state index contributed by atoms with van der Waals surface area (Å²) in [5.41, 5.74) is 0. The Balaban J connectivity index is 1.58. The highest BCUT2D eigenvalue weighted by molar-refractivity contribution is 5.82. The number of nitrogens with zero attached hydrogens (tertiary/aromatic N) is 4. The number of carbonyl (C=O) groups is 2. The topological polar surface area (TPSA) is 70.5 Å². The van der Waals surface area contributed by atoms with Gasteiger partial charge >= 0.3 is 0 Å². The number of likely N-dealkylation sites (tertiary alicyclic amines) is 1. The van der Waals surface area contributed by atoms with Crippen molar-refractivity contribution in [1.82, 2.24) is 24.7 Å². The molecule has 2 aliphatic heterocycles. The molecule has 0 spiro atoms. The summed E-state index contributed by atoms with van der Waals surface area (Å²) < 4.78 is 2.25. The van der Waals surface area contributed by atoms with Crippen LogP contribution in [0.1, 0.15) is 44.3 Å². The van der Waals surface area contributed by atoms with Gasteiger partial charge in [0.1, 0.15) is 5.82 Å². The summed E-state index contributed by atoms with van der Waals surface area (Å²) in [6, 6.07) is 0. The van der Waals surface area contributed by atoms with Crippen LogP contribution >= 0.6 is 0 Å². The zero-order valence-corrected chi connectivity index (χ0v) is 15.1. The summed E-state index contributed by atoms with van der Waals surface area (Å²) in [7, 11) is 0. The van der Waals surface area contributed by atoms with E-state index >= 15 is 0 Å². The number of carbonyl (C=O) groups excluding carboxylic acids is 2. The molecule has 2 saturated heterocycles. The minimum atomic E-state index is 0.00789. The van der Waals surface area contributed by atoms with Crippen molar-refractivity contribution < 1.29 is 9.59 Å². The number of piperidine rings is 1. The number of aryl methyl sites for hydroxylation is 1. The predicted octanol–water partition coefficient (Wildman–Crippen LogP) is 0.821. The lowest BCUT2D eigenvalue weighted by Gasteiger charge is -2.35. The van der Waals surface area contributed by atoms with Crippen LogP contribution in [0.3, 0.4) is 0 Å². The third kappa shape index (κ3) is 4.60. The Morgan fingerprint density at radius 1 is 1.40 bits per heavy atom. The molecule has 0 bridgehead atoms. The van der Waals surface area contributed by atoms with E-state index in [9.17, 15) is 9.59 Å². The van der Waals surface area contributed by atoms with Gasteiger partial charge in [0.15, 0.2) is 0 Å². The second kappa shape index (κ2) is 8.47. The molecule has 0 saturated carbocycles. The zero-order valence-electron chi connectivity index (χ0n) is 15.1. The maximum Gasteiger partial charge on any atom is 0.236 e. The van der Waals surface area contributed by atoms with Crippen molar-refractivity contribution in [1.29, 1.82) is 0 Å². The molecule has 7 heteroatoms. The molecule has 3 rings (SSSR count). The average molecular weight is 347 g/mol. The molecule has 0 aliphatic carbocycles. The Morgan fingerprint density at radius 3 is 3.08 bits per heavy atom. The Hall–Kier alpha value is -1.89. The molecule has 2 fully saturated rings. The first kappa shape index (κ1) is 17.9. The lowest BCUT2D eigenvalue weighted by Crippen LogP contribution is -2.52. The standard InChI is InChI=1S/C18H29N5O2/c1-2-3-8-22-11-7-20-18(22)15-5-4-9-23(12-15)17(25)14-21-10-6-19-16(24)13-21/h7,11,15H,2-6,8-10,12-14H2,1H3,(H,19,24). The molecule has 0 radical (unpaired) electrons. The van der Waals surface area contributed by atoms with Gasteiger partial charge in [-0.25, -0.2) is 4.98 Å². The lowest BCUT2D eigenvalue weighted by molar-refractivity contribution is -0.135. The third-order valence-electron chi connectivity index (χ3n) is 5.12. The molecule has 1 N–H and O–H groups in total. The Labute approximate surface area is 149 Å². The fraction of sp³-hybridized carbons (Fsp3) is 0.722. The van der Waals surface area contributed by atoms with Crippen LogP contribution < -0.4 is 5.32 Å². The predicted molar refractivity (Wildman–Crippen MR) is 95.1 cm³/mol. The van der Waals surface area contributed by atoms with Gasteiger partial charge in [0.2, 0.25) is 11.8 Å². The molecule has 1 atom stereocenters. The van der Waals surface area contributed by atoms with Gasteiger partial charge < -0.3 is 14.8 Å². The molecule has 25 heavy (non-hydrogen) atoms. The molecule has 0 aromatic carbocycles. The van der Waals surface area contributed by atoms with E-state index in [4.69, 9.17) is 0 Å².